The van der Waals surface area contributed by atoms with Gasteiger partial charge < -0.3 is 19.9 Å². The third kappa shape index (κ3) is 5.07. The molecule has 0 aliphatic heterocycles. The van der Waals surface area contributed by atoms with Gasteiger partial charge in [0.15, 0.2) is 12.6 Å². The summed E-state index contributed by atoms with van der Waals surface area (Å²) < 4.78 is 5.11. The van der Waals surface area contributed by atoms with Gasteiger partial charge in [0.05, 0.1) is 14.2 Å². The van der Waals surface area contributed by atoms with Crippen molar-refractivity contribution in [2.24, 2.45) is 0 Å². The first-order chi connectivity index (χ1) is 9.85. The molecule has 21 heavy (non-hydrogen) atoms. The van der Waals surface area contributed by atoms with Crippen molar-refractivity contribution in [3.63, 3.8) is 0 Å². The number of carbonyl (C=O) groups is 2. The molecule has 0 aliphatic rings. The summed E-state index contributed by atoms with van der Waals surface area (Å²) in [5, 5.41) is 2.81. The summed E-state index contributed by atoms with van der Waals surface area (Å²) in [5.74, 6) is 0.547. The van der Waals surface area contributed by atoms with Crippen LogP contribution in [0.25, 0.3) is 0 Å². The number of hydrogen-bond donors (Lipinski definition) is 2. The first kappa shape index (κ1) is 17.0. The second kappa shape index (κ2) is 7.64. The van der Waals surface area contributed by atoms with Crippen LogP contribution in [0.15, 0.2) is 24.3 Å². The van der Waals surface area contributed by atoms with Crippen LogP contribution in [0.1, 0.15) is 6.92 Å². The van der Waals surface area contributed by atoms with Gasteiger partial charge in [-0.25, -0.2) is 0 Å². The van der Waals surface area contributed by atoms with Crippen molar-refractivity contribution < 1.29 is 19.2 Å². The van der Waals surface area contributed by atoms with Crippen molar-refractivity contribution in [1.82, 2.24) is 4.90 Å². The zero-order valence-electron chi connectivity index (χ0n) is 13.3. The Kier molecular flexibility index (Phi) is 6.17. The molecule has 0 radical (unpaired) electrons. The van der Waals surface area contributed by atoms with Crippen LogP contribution in [0.5, 0.6) is 5.75 Å². The SMILES string of the molecule is COc1cccc(NC(=O)C[NH+](C)[C@@H](C)C(=O)N(C)C)c1. The number of benzene rings is 1. The lowest BCUT2D eigenvalue weighted by atomic mass is 10.2. The van der Waals surface area contributed by atoms with E-state index in [1.165, 1.54) is 4.90 Å². The summed E-state index contributed by atoms with van der Waals surface area (Å²) in [6.07, 6.45) is 0. The topological polar surface area (TPSA) is 63.1 Å². The van der Waals surface area contributed by atoms with Crippen LogP contribution >= 0.6 is 0 Å². The number of rotatable bonds is 6. The maximum Gasteiger partial charge on any atom is 0.280 e. The normalized spacial score (nSPS) is 13.2. The second-order valence-electron chi connectivity index (χ2n) is 5.26. The van der Waals surface area contributed by atoms with Crippen LogP contribution in [0.4, 0.5) is 5.69 Å². The van der Waals surface area contributed by atoms with Crippen LogP contribution in [0.2, 0.25) is 0 Å². The van der Waals surface area contributed by atoms with Crippen LogP contribution < -0.4 is 15.0 Å². The smallest absolute Gasteiger partial charge is 0.280 e. The Hall–Kier alpha value is -2.08. The fraction of sp³-hybridized carbons (Fsp3) is 0.467. The molecule has 0 heterocycles. The van der Waals surface area contributed by atoms with E-state index >= 15 is 0 Å². The summed E-state index contributed by atoms with van der Waals surface area (Å²) in [4.78, 5) is 26.3. The van der Waals surface area contributed by atoms with Gasteiger partial charge in [0.2, 0.25) is 0 Å². The molecule has 6 nitrogen and oxygen atoms in total. The standard InChI is InChI=1S/C15H23N3O3/c1-11(15(20)17(2)3)18(4)10-14(19)16-12-7-6-8-13(9-12)21-5/h6-9,11H,10H2,1-5H3,(H,16,19)/p+1/t11-/m0/s1. The second-order valence-corrected chi connectivity index (χ2v) is 5.26. The van der Waals surface area contributed by atoms with E-state index in [-0.39, 0.29) is 24.4 Å². The molecule has 116 valence electrons. The number of ether oxygens (including phenoxy) is 1. The van der Waals surface area contributed by atoms with Gasteiger partial charge in [-0.2, -0.15) is 0 Å². The summed E-state index contributed by atoms with van der Waals surface area (Å²) >= 11 is 0. The molecule has 0 saturated carbocycles. The largest absolute Gasteiger partial charge is 0.497 e. The van der Waals surface area contributed by atoms with Gasteiger partial charge in [-0.3, -0.25) is 9.59 Å². The maximum atomic E-state index is 12.0. The minimum absolute atomic E-state index is 0.00156. The molecule has 0 bridgehead atoms. The molecule has 0 saturated heterocycles. The summed E-state index contributed by atoms with van der Waals surface area (Å²) in [6.45, 7) is 2.04. The van der Waals surface area contributed by atoms with E-state index in [1.54, 1.807) is 33.3 Å². The monoisotopic (exact) mass is 294 g/mol. The molecule has 0 spiro atoms. The zero-order valence-corrected chi connectivity index (χ0v) is 13.3. The van der Waals surface area contributed by atoms with Gasteiger partial charge in [0.25, 0.3) is 11.8 Å². The summed E-state index contributed by atoms with van der Waals surface area (Å²) in [5.41, 5.74) is 0.679. The number of quaternary nitrogens is 1. The van der Waals surface area contributed by atoms with Crippen LogP contribution in [0, 0.1) is 0 Å². The first-order valence-corrected chi connectivity index (χ1v) is 6.82. The Balaban J connectivity index is 2.58. The minimum Gasteiger partial charge on any atom is -0.497 e. The van der Waals surface area contributed by atoms with Crippen molar-refractivity contribution in [3.05, 3.63) is 24.3 Å². The van der Waals surface area contributed by atoms with Gasteiger partial charge in [-0.05, 0) is 19.1 Å². The Labute approximate surface area is 125 Å². The van der Waals surface area contributed by atoms with Crippen LogP contribution in [-0.4, -0.2) is 57.6 Å². The fourth-order valence-electron chi connectivity index (χ4n) is 1.91. The van der Waals surface area contributed by atoms with E-state index in [1.807, 2.05) is 26.1 Å². The lowest BCUT2D eigenvalue weighted by Gasteiger charge is -2.23. The minimum atomic E-state index is -0.268. The van der Waals surface area contributed by atoms with Gasteiger partial charge in [-0.1, -0.05) is 6.07 Å². The Bertz CT molecular complexity index is 503. The van der Waals surface area contributed by atoms with E-state index in [2.05, 4.69) is 5.32 Å². The van der Waals surface area contributed by atoms with Gasteiger partial charge >= 0.3 is 0 Å². The molecule has 1 aromatic carbocycles. The Morgan fingerprint density at radius 2 is 2.05 bits per heavy atom. The van der Waals surface area contributed by atoms with E-state index < -0.39 is 0 Å². The van der Waals surface area contributed by atoms with Crippen LogP contribution in [0.3, 0.4) is 0 Å². The van der Waals surface area contributed by atoms with Crippen LogP contribution in [-0.2, 0) is 9.59 Å². The van der Waals surface area contributed by atoms with Crippen molar-refractivity contribution in [1.29, 1.82) is 0 Å². The molecule has 1 rings (SSSR count). The number of hydrogen-bond acceptors (Lipinski definition) is 3. The number of nitrogens with one attached hydrogen (secondary N) is 2. The Morgan fingerprint density at radius 3 is 2.62 bits per heavy atom. The molecular formula is C15H24N3O3+. The lowest BCUT2D eigenvalue weighted by Crippen LogP contribution is -3.15. The predicted molar refractivity (Wildman–Crippen MR) is 81.5 cm³/mol. The average molecular weight is 294 g/mol. The van der Waals surface area contributed by atoms with E-state index in [4.69, 9.17) is 4.74 Å². The van der Waals surface area contributed by atoms with Crippen molar-refractivity contribution >= 4 is 17.5 Å². The number of carbonyl (C=O) groups excluding carboxylic acids is 2. The zero-order chi connectivity index (χ0) is 16.0. The Morgan fingerprint density at radius 1 is 1.38 bits per heavy atom. The molecule has 0 aliphatic carbocycles. The molecule has 2 atom stereocenters. The van der Waals surface area contributed by atoms with Crippen molar-refractivity contribution in [2.45, 2.75) is 13.0 Å². The first-order valence-electron chi connectivity index (χ1n) is 6.82. The summed E-state index contributed by atoms with van der Waals surface area (Å²) in [6, 6.07) is 6.90. The van der Waals surface area contributed by atoms with E-state index in [0.29, 0.717) is 11.4 Å². The molecule has 0 fully saturated rings. The molecule has 2 amide bonds. The highest BCUT2D eigenvalue weighted by Crippen LogP contribution is 2.16. The number of methoxy groups -OCH3 is 1. The number of anilines is 1. The molecule has 6 heteroatoms. The van der Waals surface area contributed by atoms with E-state index in [9.17, 15) is 9.59 Å². The molecule has 0 aromatic heterocycles. The molecule has 2 N–H and O–H groups in total. The van der Waals surface area contributed by atoms with Crippen molar-refractivity contribution in [3.8, 4) is 5.75 Å². The van der Waals surface area contributed by atoms with E-state index in [0.717, 1.165) is 4.90 Å². The predicted octanol–water partition coefficient (Wildman–Crippen LogP) is -0.375. The number of nitrogens with zero attached hydrogens (tertiary/aromatic N) is 1. The third-order valence-corrected chi connectivity index (χ3v) is 3.34. The van der Waals surface area contributed by atoms with Gasteiger partial charge in [0.1, 0.15) is 5.75 Å². The lowest BCUT2D eigenvalue weighted by molar-refractivity contribution is -0.886. The summed E-state index contributed by atoms with van der Waals surface area (Å²) in [7, 11) is 6.83. The number of amides is 2. The van der Waals surface area contributed by atoms with Gasteiger partial charge in [0, 0.05) is 25.8 Å². The highest BCUT2D eigenvalue weighted by atomic mass is 16.5. The molecule has 1 unspecified atom stereocenters. The average Bonchev–Trinajstić information content (AvgIpc) is 2.45. The maximum absolute atomic E-state index is 12.0. The third-order valence-electron chi connectivity index (χ3n) is 3.34. The highest BCUT2D eigenvalue weighted by molar-refractivity contribution is 5.91. The number of likely N-dealkylation sites (N-methyl/N-ethyl adjacent to an activating group) is 2. The quantitative estimate of drug-likeness (QED) is 0.752. The van der Waals surface area contributed by atoms with Gasteiger partial charge in [-0.15, -0.1) is 0 Å². The fourth-order valence-corrected chi connectivity index (χ4v) is 1.91. The molecular weight excluding hydrogens is 270 g/mol. The highest BCUT2D eigenvalue weighted by Gasteiger charge is 2.25. The van der Waals surface area contributed by atoms with Crippen molar-refractivity contribution in [2.75, 3.05) is 40.1 Å². The molecule has 1 aromatic rings.